The molecule has 0 atom stereocenters. The summed E-state index contributed by atoms with van der Waals surface area (Å²) in [6, 6.07) is 97.0. The molecule has 0 aromatic heterocycles. The van der Waals surface area contributed by atoms with Crippen LogP contribution in [0.25, 0.3) is 0 Å². The molecule has 0 saturated carbocycles. The Morgan fingerprint density at radius 1 is 0.153 bits per heavy atom. The van der Waals surface area contributed by atoms with Gasteiger partial charge >= 0.3 is 16.5 Å². The first-order valence-electron chi connectivity index (χ1n) is 19.2. The fraction of sp³-hybridized carbons (Fsp3) is 0. The largest absolute Gasteiger partial charge is 1.00 e. The summed E-state index contributed by atoms with van der Waals surface area (Å²) >= 11 is 0. The fourth-order valence-electron chi connectivity index (χ4n) is 6.54. The Bertz CT molecular complexity index is 1870. The zero-order valence-corrected chi connectivity index (χ0v) is 38.3. The summed E-state index contributed by atoms with van der Waals surface area (Å²) in [5.41, 5.74) is 0. The molecule has 9 aromatic carbocycles. The second-order valence-corrected chi connectivity index (χ2v) is 19.7. The van der Waals surface area contributed by atoms with E-state index < -0.39 is 23.8 Å². The maximum atomic E-state index is 2.23. The zero-order valence-electron chi connectivity index (χ0n) is 32.5. The molecule has 0 bridgehead atoms. The molecule has 0 N–H and O–H groups in total. The normalized spacial score (nSPS) is 10.2. The van der Waals surface area contributed by atoms with Crippen molar-refractivity contribution in [2.75, 3.05) is 0 Å². The Kier molecular flexibility index (Phi) is 19.5. The molecular formula is C54H45INiP3. The molecule has 9 rings (SSSR count). The van der Waals surface area contributed by atoms with E-state index in [1.807, 2.05) is 0 Å². The predicted molar refractivity (Wildman–Crippen MR) is 255 cm³/mol. The summed E-state index contributed by atoms with van der Waals surface area (Å²) in [6.07, 6.45) is 0. The maximum Gasteiger partial charge on any atom is 1.00 e. The van der Waals surface area contributed by atoms with Crippen LogP contribution in [0.15, 0.2) is 273 Å². The minimum absolute atomic E-state index is 0. The van der Waals surface area contributed by atoms with E-state index in [2.05, 4.69) is 273 Å². The van der Waals surface area contributed by atoms with E-state index in [0.29, 0.717) is 0 Å². The quantitative estimate of drug-likeness (QED) is 0.0809. The van der Waals surface area contributed by atoms with Crippen LogP contribution >= 0.6 is 23.8 Å². The van der Waals surface area contributed by atoms with Gasteiger partial charge in [0.15, 0.2) is 0 Å². The Labute approximate surface area is 382 Å². The minimum Gasteiger partial charge on any atom is -1.00 e. The smallest absolute Gasteiger partial charge is 1.00 e. The van der Waals surface area contributed by atoms with Crippen molar-refractivity contribution >= 4 is 71.5 Å². The van der Waals surface area contributed by atoms with Crippen molar-refractivity contribution in [3.63, 3.8) is 0 Å². The van der Waals surface area contributed by atoms with Gasteiger partial charge < -0.3 is 24.0 Å². The van der Waals surface area contributed by atoms with Crippen molar-refractivity contribution in [1.29, 1.82) is 0 Å². The van der Waals surface area contributed by atoms with E-state index in [1.165, 1.54) is 47.7 Å². The van der Waals surface area contributed by atoms with Gasteiger partial charge in [-0.3, -0.25) is 0 Å². The molecule has 0 nitrogen and oxygen atoms in total. The standard InChI is InChI=1S/3C18H15P.HI.Ni/c3*1-4-10-16(11-5-1)19(17-12-6-2-7-13-17)18-14-8-3-9-15-18;;/h3*1-15H;1H;/q;;;;+1/p-1. The van der Waals surface area contributed by atoms with E-state index in [4.69, 9.17) is 0 Å². The van der Waals surface area contributed by atoms with E-state index in [0.717, 1.165) is 0 Å². The van der Waals surface area contributed by atoms with Crippen molar-refractivity contribution in [2.24, 2.45) is 0 Å². The van der Waals surface area contributed by atoms with Crippen molar-refractivity contribution in [3.05, 3.63) is 273 Å². The van der Waals surface area contributed by atoms with Crippen LogP contribution in [0.2, 0.25) is 0 Å². The molecule has 0 aliphatic rings. The maximum absolute atomic E-state index is 2.23. The third-order valence-corrected chi connectivity index (χ3v) is 16.5. The number of hydrogen-bond donors (Lipinski definition) is 0. The first-order valence-corrected chi connectivity index (χ1v) is 23.2. The molecule has 0 aliphatic carbocycles. The molecule has 5 heteroatoms. The molecule has 0 saturated heterocycles. The first kappa shape index (κ1) is 45.6. The Morgan fingerprint density at radius 3 is 0.322 bits per heavy atom. The molecule has 0 unspecified atom stereocenters. The van der Waals surface area contributed by atoms with E-state index >= 15 is 0 Å². The van der Waals surface area contributed by atoms with Crippen LogP contribution in [-0.2, 0) is 16.5 Å². The molecule has 293 valence electrons. The van der Waals surface area contributed by atoms with Crippen LogP contribution in [-0.4, -0.2) is 0 Å². The summed E-state index contributed by atoms with van der Waals surface area (Å²) < 4.78 is 0. The van der Waals surface area contributed by atoms with Gasteiger partial charge in [0.25, 0.3) is 0 Å². The molecule has 9 aromatic rings. The monoisotopic (exact) mass is 971 g/mol. The zero-order chi connectivity index (χ0) is 38.7. The van der Waals surface area contributed by atoms with Crippen molar-refractivity contribution in [3.8, 4) is 0 Å². The third-order valence-electron chi connectivity index (χ3n) is 9.13. The average Bonchev–Trinajstić information content (AvgIpc) is 3.30. The van der Waals surface area contributed by atoms with Gasteiger partial charge in [-0.15, -0.1) is 0 Å². The topological polar surface area (TPSA) is 0 Å². The Hall–Kier alpha value is -4.51. The Morgan fingerprint density at radius 2 is 0.237 bits per heavy atom. The van der Waals surface area contributed by atoms with Crippen molar-refractivity contribution in [2.45, 2.75) is 0 Å². The van der Waals surface area contributed by atoms with Gasteiger partial charge in [0.1, 0.15) is 0 Å². The number of halogens is 1. The van der Waals surface area contributed by atoms with Gasteiger partial charge in [0.2, 0.25) is 0 Å². The number of benzene rings is 9. The SMILES string of the molecule is [I-].[Ni+].c1ccc(P(c2ccccc2)c2ccccc2)cc1.c1ccc(P(c2ccccc2)c2ccccc2)cc1.c1ccc(P(c2ccccc2)c2ccccc2)cc1. The fourth-order valence-corrected chi connectivity index (χ4v) is 13.5. The van der Waals surface area contributed by atoms with Gasteiger partial charge in [-0.25, -0.2) is 0 Å². The minimum atomic E-state index is -0.446. The summed E-state index contributed by atoms with van der Waals surface area (Å²) in [4.78, 5) is 0. The van der Waals surface area contributed by atoms with Gasteiger partial charge in [-0.1, -0.05) is 273 Å². The van der Waals surface area contributed by atoms with Crippen LogP contribution < -0.4 is 71.7 Å². The average molecular weight is 972 g/mol. The third kappa shape index (κ3) is 13.2. The molecule has 1 radical (unpaired) electrons. The van der Waals surface area contributed by atoms with E-state index in [9.17, 15) is 0 Å². The van der Waals surface area contributed by atoms with Crippen LogP contribution in [0.3, 0.4) is 0 Å². The molecule has 0 spiro atoms. The summed E-state index contributed by atoms with van der Waals surface area (Å²) in [7, 11) is -1.34. The number of hydrogen-bond acceptors (Lipinski definition) is 0. The van der Waals surface area contributed by atoms with Gasteiger partial charge in [0.05, 0.1) is 0 Å². The van der Waals surface area contributed by atoms with Crippen molar-refractivity contribution < 1.29 is 40.5 Å². The molecular weight excluding hydrogens is 927 g/mol. The molecule has 0 aliphatic heterocycles. The molecule has 0 fully saturated rings. The van der Waals surface area contributed by atoms with E-state index in [1.54, 1.807) is 0 Å². The van der Waals surface area contributed by atoms with Crippen LogP contribution in [0, 0.1) is 0 Å². The Balaban J connectivity index is 0.000000165. The van der Waals surface area contributed by atoms with Crippen LogP contribution in [0.4, 0.5) is 0 Å². The first-order chi connectivity index (χ1) is 28.3. The van der Waals surface area contributed by atoms with Gasteiger partial charge in [0, 0.05) is 0 Å². The summed E-state index contributed by atoms with van der Waals surface area (Å²) in [5, 5.41) is 12.6. The van der Waals surface area contributed by atoms with Gasteiger partial charge in [-0.05, 0) is 71.5 Å². The molecule has 59 heavy (non-hydrogen) atoms. The molecule has 0 heterocycles. The van der Waals surface area contributed by atoms with E-state index in [-0.39, 0.29) is 40.5 Å². The molecule has 0 amide bonds. The van der Waals surface area contributed by atoms with Crippen LogP contribution in [0.1, 0.15) is 0 Å². The summed E-state index contributed by atoms with van der Waals surface area (Å²) in [5.74, 6) is 0. The van der Waals surface area contributed by atoms with Crippen molar-refractivity contribution in [1.82, 2.24) is 0 Å². The number of rotatable bonds is 9. The summed E-state index contributed by atoms with van der Waals surface area (Å²) in [6.45, 7) is 0. The second-order valence-electron chi connectivity index (χ2n) is 13.0. The predicted octanol–water partition coefficient (Wildman–Crippen LogP) is 7.34. The van der Waals surface area contributed by atoms with Gasteiger partial charge in [-0.2, -0.15) is 0 Å². The van der Waals surface area contributed by atoms with Crippen LogP contribution in [0.5, 0.6) is 0 Å². The second kappa shape index (κ2) is 25.2.